The summed E-state index contributed by atoms with van der Waals surface area (Å²) in [5.74, 6) is 0.111. The van der Waals surface area contributed by atoms with E-state index in [4.69, 9.17) is 4.74 Å². The normalized spacial score (nSPS) is 21.8. The van der Waals surface area contributed by atoms with Crippen LogP contribution in [0.1, 0.15) is 32.1 Å². The van der Waals surface area contributed by atoms with Crippen molar-refractivity contribution < 1.29 is 9.53 Å². The molecule has 0 bridgehead atoms. The van der Waals surface area contributed by atoms with Gasteiger partial charge in [-0.25, -0.2) is 4.98 Å². The van der Waals surface area contributed by atoms with E-state index >= 15 is 0 Å². The molecular formula is C15H25N5O2. The minimum absolute atomic E-state index is 0.111. The van der Waals surface area contributed by atoms with Crippen molar-refractivity contribution in [3.05, 3.63) is 12.7 Å². The molecule has 0 saturated carbocycles. The van der Waals surface area contributed by atoms with Gasteiger partial charge in [0.15, 0.2) is 0 Å². The van der Waals surface area contributed by atoms with Crippen LogP contribution in [-0.2, 0) is 16.1 Å². The van der Waals surface area contributed by atoms with Gasteiger partial charge in [0.05, 0.1) is 6.54 Å². The van der Waals surface area contributed by atoms with Crippen LogP contribution in [0.4, 0.5) is 0 Å². The van der Waals surface area contributed by atoms with Gasteiger partial charge < -0.3 is 15.0 Å². The lowest BCUT2D eigenvalue weighted by Crippen LogP contribution is -2.49. The van der Waals surface area contributed by atoms with Gasteiger partial charge in [-0.2, -0.15) is 5.10 Å². The van der Waals surface area contributed by atoms with Gasteiger partial charge in [0.1, 0.15) is 12.7 Å². The van der Waals surface area contributed by atoms with Gasteiger partial charge in [-0.05, 0) is 25.7 Å². The number of nitrogens with one attached hydrogen (secondary N) is 1. The average Bonchev–Trinajstić information content (AvgIpc) is 3.08. The fraction of sp³-hybridized carbons (Fsp3) is 0.800. The maximum absolute atomic E-state index is 12.0. The summed E-state index contributed by atoms with van der Waals surface area (Å²) in [4.78, 5) is 18.4. The summed E-state index contributed by atoms with van der Waals surface area (Å²) in [6, 6.07) is 0.997. The van der Waals surface area contributed by atoms with E-state index in [0.717, 1.165) is 52.0 Å². The number of ether oxygens (including phenoxy) is 1. The molecule has 1 amide bonds. The van der Waals surface area contributed by atoms with Crippen LogP contribution in [0.2, 0.25) is 0 Å². The molecule has 1 aromatic rings. The highest BCUT2D eigenvalue weighted by Gasteiger charge is 2.26. The summed E-state index contributed by atoms with van der Waals surface area (Å²) >= 11 is 0. The highest BCUT2D eigenvalue weighted by Crippen LogP contribution is 2.19. The van der Waals surface area contributed by atoms with Crippen LogP contribution in [0.25, 0.3) is 0 Å². The second-order valence-electron chi connectivity index (χ2n) is 6.13. The predicted octanol–water partition coefficient (Wildman–Crippen LogP) is 0.428. The molecule has 0 unspecified atom stereocenters. The zero-order chi connectivity index (χ0) is 15.2. The molecule has 0 atom stereocenters. The maximum Gasteiger partial charge on any atom is 0.222 e. The molecule has 7 nitrogen and oxygen atoms in total. The van der Waals surface area contributed by atoms with Crippen molar-refractivity contribution in [2.75, 3.05) is 26.3 Å². The number of rotatable bonds is 5. The Hall–Kier alpha value is -1.47. The molecule has 3 heterocycles. The summed E-state index contributed by atoms with van der Waals surface area (Å²) in [6.07, 6.45) is 7.98. The van der Waals surface area contributed by atoms with Gasteiger partial charge in [-0.3, -0.25) is 9.48 Å². The van der Waals surface area contributed by atoms with Crippen molar-refractivity contribution in [3.63, 3.8) is 0 Å². The van der Waals surface area contributed by atoms with Gasteiger partial charge in [0.2, 0.25) is 5.91 Å². The zero-order valence-electron chi connectivity index (χ0n) is 13.0. The first-order chi connectivity index (χ1) is 10.8. The monoisotopic (exact) mass is 307 g/mol. The van der Waals surface area contributed by atoms with Gasteiger partial charge in [0.25, 0.3) is 0 Å². The first-order valence-electron chi connectivity index (χ1n) is 8.25. The SMILES string of the molecule is O=C(CCn1cncn1)NC1CCN(C2CCOCC2)CC1. The lowest BCUT2D eigenvalue weighted by atomic mass is 9.99. The number of hydrogen-bond donors (Lipinski definition) is 1. The van der Waals surface area contributed by atoms with E-state index in [1.54, 1.807) is 11.0 Å². The van der Waals surface area contributed by atoms with Crippen molar-refractivity contribution in [2.45, 2.75) is 50.7 Å². The summed E-state index contributed by atoms with van der Waals surface area (Å²) in [5, 5.41) is 7.16. The van der Waals surface area contributed by atoms with Crippen LogP contribution in [0.3, 0.4) is 0 Å². The molecule has 0 aliphatic carbocycles. The van der Waals surface area contributed by atoms with E-state index in [1.807, 2.05) is 0 Å². The number of carbonyl (C=O) groups excluding carboxylic acids is 1. The molecule has 2 fully saturated rings. The van der Waals surface area contributed by atoms with Crippen molar-refractivity contribution in [2.24, 2.45) is 0 Å². The van der Waals surface area contributed by atoms with E-state index in [-0.39, 0.29) is 5.91 Å². The number of hydrogen-bond acceptors (Lipinski definition) is 5. The zero-order valence-corrected chi connectivity index (χ0v) is 13.0. The first-order valence-corrected chi connectivity index (χ1v) is 8.25. The third-order valence-corrected chi connectivity index (χ3v) is 4.64. The third-order valence-electron chi connectivity index (χ3n) is 4.64. The Balaban J connectivity index is 1.35. The van der Waals surface area contributed by atoms with Gasteiger partial charge >= 0.3 is 0 Å². The molecule has 0 spiro atoms. The number of amides is 1. The van der Waals surface area contributed by atoms with Gasteiger partial charge in [0, 0.05) is 44.8 Å². The number of aromatic nitrogens is 3. The number of aryl methyl sites for hydroxylation is 1. The second kappa shape index (κ2) is 7.69. The Morgan fingerprint density at radius 3 is 2.68 bits per heavy atom. The number of nitrogens with zero attached hydrogens (tertiary/aromatic N) is 4. The quantitative estimate of drug-likeness (QED) is 0.854. The van der Waals surface area contributed by atoms with Crippen LogP contribution in [0, 0.1) is 0 Å². The Morgan fingerprint density at radius 2 is 2.00 bits per heavy atom. The third kappa shape index (κ3) is 4.27. The van der Waals surface area contributed by atoms with Gasteiger partial charge in [-0.1, -0.05) is 0 Å². The highest BCUT2D eigenvalue weighted by molar-refractivity contribution is 5.76. The molecule has 2 aliphatic heterocycles. The lowest BCUT2D eigenvalue weighted by molar-refractivity contribution is -0.122. The van der Waals surface area contributed by atoms with E-state index in [2.05, 4.69) is 20.3 Å². The standard InChI is InChI=1S/C15H25N5O2/c21-15(3-8-20-12-16-11-17-20)18-13-1-6-19(7-2-13)14-4-9-22-10-5-14/h11-14H,1-10H2,(H,18,21). The molecule has 0 radical (unpaired) electrons. The Morgan fingerprint density at radius 1 is 1.23 bits per heavy atom. The van der Waals surface area contributed by atoms with Gasteiger partial charge in [-0.15, -0.1) is 0 Å². The number of piperidine rings is 1. The maximum atomic E-state index is 12.0. The summed E-state index contributed by atoms with van der Waals surface area (Å²) in [5.41, 5.74) is 0. The van der Waals surface area contributed by atoms with Crippen LogP contribution in [0.5, 0.6) is 0 Å². The van der Waals surface area contributed by atoms with Crippen LogP contribution < -0.4 is 5.32 Å². The topological polar surface area (TPSA) is 72.3 Å². The van der Waals surface area contributed by atoms with E-state index in [9.17, 15) is 4.79 Å². The minimum Gasteiger partial charge on any atom is -0.381 e. The smallest absolute Gasteiger partial charge is 0.222 e. The summed E-state index contributed by atoms with van der Waals surface area (Å²) in [6.45, 7) is 4.54. The first kappa shape index (κ1) is 15.4. The summed E-state index contributed by atoms with van der Waals surface area (Å²) < 4.78 is 7.11. The fourth-order valence-corrected chi connectivity index (χ4v) is 3.32. The van der Waals surface area contributed by atoms with Crippen LogP contribution in [0.15, 0.2) is 12.7 Å². The molecule has 2 saturated heterocycles. The lowest BCUT2D eigenvalue weighted by Gasteiger charge is -2.39. The highest BCUT2D eigenvalue weighted by atomic mass is 16.5. The van der Waals surface area contributed by atoms with Crippen LogP contribution in [-0.4, -0.2) is 64.0 Å². The molecule has 1 N–H and O–H groups in total. The number of likely N-dealkylation sites (tertiary alicyclic amines) is 1. The fourth-order valence-electron chi connectivity index (χ4n) is 3.32. The second-order valence-corrected chi connectivity index (χ2v) is 6.13. The number of carbonyl (C=O) groups is 1. The van der Waals surface area contributed by atoms with Crippen molar-refractivity contribution in [1.29, 1.82) is 0 Å². The molecular weight excluding hydrogens is 282 g/mol. The van der Waals surface area contributed by atoms with E-state index < -0.39 is 0 Å². The Labute approximate surface area is 131 Å². The summed E-state index contributed by atoms with van der Waals surface area (Å²) in [7, 11) is 0. The van der Waals surface area contributed by atoms with E-state index in [1.165, 1.54) is 6.33 Å². The molecule has 7 heteroatoms. The minimum atomic E-state index is 0.111. The molecule has 3 rings (SSSR count). The van der Waals surface area contributed by atoms with Crippen molar-refractivity contribution in [3.8, 4) is 0 Å². The van der Waals surface area contributed by atoms with Crippen molar-refractivity contribution in [1.82, 2.24) is 25.0 Å². The van der Waals surface area contributed by atoms with Crippen LogP contribution >= 0.6 is 0 Å². The molecule has 122 valence electrons. The average molecular weight is 307 g/mol. The molecule has 0 aromatic carbocycles. The molecule has 1 aromatic heterocycles. The predicted molar refractivity (Wildman–Crippen MR) is 81.2 cm³/mol. The van der Waals surface area contributed by atoms with E-state index in [0.29, 0.717) is 25.0 Å². The Bertz CT molecular complexity index is 451. The van der Waals surface area contributed by atoms with Crippen molar-refractivity contribution >= 4 is 5.91 Å². The molecule has 22 heavy (non-hydrogen) atoms. The largest absolute Gasteiger partial charge is 0.381 e. The Kier molecular flexibility index (Phi) is 5.39. The molecule has 2 aliphatic rings.